The molecule has 0 aliphatic heterocycles. The van der Waals surface area contributed by atoms with Crippen LogP contribution in [0.2, 0.25) is 0 Å². The Hall–Kier alpha value is -1.17. The molecule has 0 atom stereocenters. The van der Waals surface area contributed by atoms with Crippen molar-refractivity contribution in [2.75, 3.05) is 5.32 Å². The van der Waals surface area contributed by atoms with E-state index in [1.807, 2.05) is 0 Å². The summed E-state index contributed by atoms with van der Waals surface area (Å²) in [4.78, 5) is 14.7. The molecule has 0 saturated heterocycles. The Morgan fingerprint density at radius 2 is 1.90 bits per heavy atom. The number of hydrogen-bond acceptors (Lipinski definition) is 4. The van der Waals surface area contributed by atoms with Crippen LogP contribution in [0.3, 0.4) is 0 Å². The molecule has 6 heteroatoms. The van der Waals surface area contributed by atoms with Gasteiger partial charge in [0.15, 0.2) is 0 Å². The third-order valence-corrected chi connectivity index (χ3v) is 4.85. The maximum absolute atomic E-state index is 10.9. The van der Waals surface area contributed by atoms with Crippen LogP contribution in [0.25, 0.3) is 0 Å². The highest BCUT2D eigenvalue weighted by molar-refractivity contribution is 9.10. The van der Waals surface area contributed by atoms with Crippen molar-refractivity contribution < 1.29 is 4.92 Å². The smallest absolute Gasteiger partial charge is 0.291 e. The minimum Gasteiger partial charge on any atom is -0.366 e. The van der Waals surface area contributed by atoms with Crippen molar-refractivity contribution >= 4 is 27.4 Å². The Bertz CT molecular complexity index is 486. The predicted molar refractivity (Wildman–Crippen MR) is 83.1 cm³/mol. The van der Waals surface area contributed by atoms with Crippen LogP contribution in [0, 0.1) is 17.0 Å². The Kier molecular flexibility index (Phi) is 5.34. The molecule has 1 heterocycles. The van der Waals surface area contributed by atoms with Crippen LogP contribution >= 0.6 is 15.9 Å². The first-order valence-electron chi connectivity index (χ1n) is 7.15. The van der Waals surface area contributed by atoms with Crippen molar-refractivity contribution in [2.24, 2.45) is 0 Å². The van der Waals surface area contributed by atoms with E-state index in [9.17, 15) is 10.1 Å². The van der Waals surface area contributed by atoms with Gasteiger partial charge in [-0.05, 0) is 35.7 Å². The fraction of sp³-hybridized carbons (Fsp3) is 0.643. The van der Waals surface area contributed by atoms with Crippen LogP contribution in [0.15, 0.2) is 10.7 Å². The predicted octanol–water partition coefficient (Wildman–Crippen LogP) is 4.59. The summed E-state index contributed by atoms with van der Waals surface area (Å²) in [6, 6.07) is 0.417. The van der Waals surface area contributed by atoms with E-state index in [-0.39, 0.29) is 5.69 Å². The lowest BCUT2D eigenvalue weighted by Crippen LogP contribution is -2.21. The number of halogens is 1. The molecule has 20 heavy (non-hydrogen) atoms. The molecule has 1 aliphatic carbocycles. The highest BCUT2D eigenvalue weighted by Crippen LogP contribution is 2.32. The molecule has 1 saturated carbocycles. The van der Waals surface area contributed by atoms with E-state index in [2.05, 4.69) is 26.2 Å². The number of anilines is 1. The third-order valence-electron chi connectivity index (χ3n) is 3.88. The molecule has 0 spiro atoms. The van der Waals surface area contributed by atoms with E-state index in [4.69, 9.17) is 0 Å². The molecule has 0 aromatic carbocycles. The lowest BCUT2D eigenvalue weighted by Gasteiger charge is -2.22. The van der Waals surface area contributed by atoms with Crippen LogP contribution in [0.5, 0.6) is 0 Å². The molecule has 0 amide bonds. The summed E-state index contributed by atoms with van der Waals surface area (Å²) < 4.78 is 0.703. The summed E-state index contributed by atoms with van der Waals surface area (Å²) in [6.07, 6.45) is 10.0. The number of aromatic nitrogens is 1. The number of hydrogen-bond donors (Lipinski definition) is 1. The van der Waals surface area contributed by atoms with Crippen molar-refractivity contribution in [3.63, 3.8) is 0 Å². The van der Waals surface area contributed by atoms with Crippen molar-refractivity contribution in [3.05, 3.63) is 26.3 Å². The molecule has 1 fully saturated rings. The number of nitrogens with zero attached hydrogens (tertiary/aromatic N) is 2. The average molecular weight is 342 g/mol. The highest BCUT2D eigenvalue weighted by atomic mass is 79.9. The lowest BCUT2D eigenvalue weighted by atomic mass is 9.97. The maximum atomic E-state index is 10.9. The topological polar surface area (TPSA) is 68.1 Å². The van der Waals surface area contributed by atoms with E-state index in [1.54, 1.807) is 6.92 Å². The Morgan fingerprint density at radius 1 is 1.30 bits per heavy atom. The van der Waals surface area contributed by atoms with Gasteiger partial charge in [-0.3, -0.25) is 10.1 Å². The van der Waals surface area contributed by atoms with E-state index >= 15 is 0 Å². The van der Waals surface area contributed by atoms with Crippen LogP contribution < -0.4 is 5.32 Å². The van der Waals surface area contributed by atoms with E-state index in [0.29, 0.717) is 16.1 Å². The first-order valence-corrected chi connectivity index (χ1v) is 7.95. The molecule has 0 bridgehead atoms. The van der Waals surface area contributed by atoms with Gasteiger partial charge in [-0.2, -0.15) is 0 Å². The monoisotopic (exact) mass is 341 g/mol. The highest BCUT2D eigenvalue weighted by Gasteiger charge is 2.19. The maximum Gasteiger partial charge on any atom is 0.291 e. The summed E-state index contributed by atoms with van der Waals surface area (Å²) >= 11 is 3.43. The first-order chi connectivity index (χ1) is 9.59. The Labute approximate surface area is 127 Å². The second-order valence-corrected chi connectivity index (χ2v) is 6.17. The zero-order valence-electron chi connectivity index (χ0n) is 11.7. The standard InChI is InChI=1S/C14H20BrN3O2/c1-10-12(18(19)20)9-16-14(13(10)15)17-11-7-5-3-2-4-6-8-11/h9,11H,2-8H2,1H3,(H,16,17). The molecular weight excluding hydrogens is 322 g/mol. The Balaban J connectivity index is 2.12. The van der Waals surface area contributed by atoms with Gasteiger partial charge >= 0.3 is 0 Å². The van der Waals surface area contributed by atoms with E-state index in [0.717, 1.165) is 18.7 Å². The van der Waals surface area contributed by atoms with Crippen LogP contribution in [0.1, 0.15) is 50.5 Å². The summed E-state index contributed by atoms with van der Waals surface area (Å²) in [5.74, 6) is 0.721. The zero-order valence-corrected chi connectivity index (χ0v) is 13.3. The fourth-order valence-corrected chi connectivity index (χ4v) is 3.07. The number of rotatable bonds is 3. The lowest BCUT2D eigenvalue weighted by molar-refractivity contribution is -0.385. The number of nitro groups is 1. The third kappa shape index (κ3) is 3.69. The van der Waals surface area contributed by atoms with Crippen LogP contribution in [0.4, 0.5) is 11.5 Å². The largest absolute Gasteiger partial charge is 0.366 e. The van der Waals surface area contributed by atoms with Gasteiger partial charge in [-0.15, -0.1) is 0 Å². The van der Waals surface area contributed by atoms with Crippen molar-refractivity contribution in [2.45, 2.75) is 57.9 Å². The van der Waals surface area contributed by atoms with Gasteiger partial charge in [-0.25, -0.2) is 4.98 Å². The SMILES string of the molecule is Cc1c([N+](=O)[O-])cnc(NC2CCCCCCC2)c1Br. The van der Waals surface area contributed by atoms with Gasteiger partial charge in [0.2, 0.25) is 0 Å². The fourth-order valence-electron chi connectivity index (χ4n) is 2.65. The first kappa shape index (κ1) is 15.2. The molecule has 1 aromatic heterocycles. The molecule has 5 nitrogen and oxygen atoms in total. The molecular formula is C14H20BrN3O2. The second kappa shape index (κ2) is 7.02. The Morgan fingerprint density at radius 3 is 2.50 bits per heavy atom. The van der Waals surface area contributed by atoms with Crippen molar-refractivity contribution in [1.29, 1.82) is 0 Å². The van der Waals surface area contributed by atoms with E-state index in [1.165, 1.54) is 38.3 Å². The van der Waals surface area contributed by atoms with Gasteiger partial charge in [0.1, 0.15) is 12.0 Å². The molecule has 1 N–H and O–H groups in total. The van der Waals surface area contributed by atoms with E-state index < -0.39 is 4.92 Å². The second-order valence-electron chi connectivity index (χ2n) is 5.37. The van der Waals surface area contributed by atoms with Gasteiger partial charge in [0.25, 0.3) is 5.69 Å². The van der Waals surface area contributed by atoms with Gasteiger partial charge in [-0.1, -0.05) is 32.1 Å². The van der Waals surface area contributed by atoms with Crippen LogP contribution in [-0.2, 0) is 0 Å². The summed E-state index contributed by atoms with van der Waals surface area (Å²) in [7, 11) is 0. The van der Waals surface area contributed by atoms with Gasteiger partial charge in [0.05, 0.1) is 9.40 Å². The molecule has 1 aromatic rings. The number of pyridine rings is 1. The van der Waals surface area contributed by atoms with Gasteiger partial charge < -0.3 is 5.32 Å². The number of nitrogens with one attached hydrogen (secondary N) is 1. The van der Waals surface area contributed by atoms with Crippen LogP contribution in [-0.4, -0.2) is 15.9 Å². The minimum atomic E-state index is -0.396. The van der Waals surface area contributed by atoms with Crippen molar-refractivity contribution in [3.8, 4) is 0 Å². The summed E-state index contributed by atoms with van der Waals surface area (Å²) in [6.45, 7) is 1.74. The zero-order chi connectivity index (χ0) is 14.5. The molecule has 0 unspecified atom stereocenters. The van der Waals surface area contributed by atoms with Crippen molar-refractivity contribution in [1.82, 2.24) is 4.98 Å². The molecule has 110 valence electrons. The quantitative estimate of drug-likeness (QED) is 0.645. The van der Waals surface area contributed by atoms with Gasteiger partial charge in [0, 0.05) is 11.6 Å². The summed E-state index contributed by atoms with van der Waals surface area (Å²) in [5.41, 5.74) is 0.679. The minimum absolute atomic E-state index is 0.0556. The molecule has 1 aliphatic rings. The molecule has 0 radical (unpaired) electrons. The normalized spacial score (nSPS) is 17.3. The average Bonchev–Trinajstić information content (AvgIpc) is 2.37. The summed E-state index contributed by atoms with van der Waals surface area (Å²) in [5, 5.41) is 14.3. The molecule has 2 rings (SSSR count).